The average Bonchev–Trinajstić information content (AvgIpc) is 2.49. The van der Waals surface area contributed by atoms with Crippen molar-refractivity contribution in [1.82, 2.24) is 0 Å². The second-order valence-electron chi connectivity index (χ2n) is 7.08. The van der Waals surface area contributed by atoms with Gasteiger partial charge < -0.3 is 4.74 Å². The zero-order valence-corrected chi connectivity index (χ0v) is 12.6. The van der Waals surface area contributed by atoms with Gasteiger partial charge in [-0.2, -0.15) is 0 Å². The van der Waals surface area contributed by atoms with E-state index in [0.717, 1.165) is 12.8 Å². The van der Waals surface area contributed by atoms with Crippen molar-refractivity contribution in [3.8, 4) is 0 Å². The van der Waals surface area contributed by atoms with Crippen LogP contribution in [0.25, 0.3) is 0 Å². The van der Waals surface area contributed by atoms with Crippen LogP contribution in [0.5, 0.6) is 0 Å². The van der Waals surface area contributed by atoms with Crippen LogP contribution in [0.15, 0.2) is 12.2 Å². The zero-order valence-electron chi connectivity index (χ0n) is 12.6. The summed E-state index contributed by atoms with van der Waals surface area (Å²) >= 11 is 0. The van der Waals surface area contributed by atoms with Crippen molar-refractivity contribution < 1.29 is 9.53 Å². The van der Waals surface area contributed by atoms with E-state index in [9.17, 15) is 4.79 Å². The lowest BCUT2D eigenvalue weighted by molar-refractivity contribution is -0.144. The van der Waals surface area contributed by atoms with Crippen LogP contribution >= 0.6 is 0 Å². The van der Waals surface area contributed by atoms with E-state index >= 15 is 0 Å². The summed E-state index contributed by atoms with van der Waals surface area (Å²) in [7, 11) is 0. The summed E-state index contributed by atoms with van der Waals surface area (Å²) in [6, 6.07) is 0. The van der Waals surface area contributed by atoms with Crippen LogP contribution in [-0.2, 0) is 9.53 Å². The van der Waals surface area contributed by atoms with Gasteiger partial charge in [0.25, 0.3) is 0 Å². The molecule has 0 radical (unpaired) electrons. The Morgan fingerprint density at radius 3 is 2.33 bits per heavy atom. The van der Waals surface area contributed by atoms with Crippen molar-refractivity contribution in [2.24, 2.45) is 16.7 Å². The number of rotatable bonds is 5. The molecule has 0 aromatic rings. The number of ether oxygens (including phenoxy) is 1. The predicted molar refractivity (Wildman–Crippen MR) is 75.3 cm³/mol. The van der Waals surface area contributed by atoms with Crippen molar-refractivity contribution in [3.63, 3.8) is 0 Å². The molecule has 18 heavy (non-hydrogen) atoms. The van der Waals surface area contributed by atoms with Gasteiger partial charge in [-0.15, -0.1) is 0 Å². The molecule has 2 nitrogen and oxygen atoms in total. The molecule has 0 amide bonds. The van der Waals surface area contributed by atoms with Gasteiger partial charge in [-0.05, 0) is 30.6 Å². The molecule has 0 bridgehead atoms. The quantitative estimate of drug-likeness (QED) is 0.537. The topological polar surface area (TPSA) is 26.3 Å². The van der Waals surface area contributed by atoms with Crippen LogP contribution in [-0.4, -0.2) is 12.6 Å². The molecular weight excluding hydrogens is 224 g/mol. The Kier molecular flexibility index (Phi) is 4.63. The standard InChI is InChI=1S/C16H28O2/c1-12(2)10-13(3)14(17)18-11-16(6)9-7-8-15(16,4)5/h12H,3,7-11H2,1-2,4-6H3. The molecule has 104 valence electrons. The Morgan fingerprint density at radius 2 is 1.89 bits per heavy atom. The highest BCUT2D eigenvalue weighted by Crippen LogP contribution is 2.52. The minimum absolute atomic E-state index is 0.112. The van der Waals surface area contributed by atoms with Crippen LogP contribution in [0.2, 0.25) is 0 Å². The van der Waals surface area contributed by atoms with E-state index in [1.54, 1.807) is 0 Å². The number of carbonyl (C=O) groups is 1. The highest BCUT2D eigenvalue weighted by atomic mass is 16.5. The van der Waals surface area contributed by atoms with E-state index in [2.05, 4.69) is 41.2 Å². The Bertz CT molecular complexity index is 328. The van der Waals surface area contributed by atoms with Crippen LogP contribution in [0, 0.1) is 16.7 Å². The van der Waals surface area contributed by atoms with Crippen LogP contribution in [0.4, 0.5) is 0 Å². The summed E-state index contributed by atoms with van der Waals surface area (Å²) in [5.74, 6) is 0.233. The third kappa shape index (κ3) is 3.37. The van der Waals surface area contributed by atoms with Gasteiger partial charge in [-0.3, -0.25) is 0 Å². The van der Waals surface area contributed by atoms with Crippen LogP contribution in [0.3, 0.4) is 0 Å². The van der Waals surface area contributed by atoms with Gasteiger partial charge in [0.05, 0.1) is 6.61 Å². The van der Waals surface area contributed by atoms with Crippen molar-refractivity contribution >= 4 is 5.97 Å². The molecule has 0 heterocycles. The van der Waals surface area contributed by atoms with Gasteiger partial charge in [0.15, 0.2) is 0 Å². The Morgan fingerprint density at radius 1 is 1.28 bits per heavy atom. The summed E-state index contributed by atoms with van der Waals surface area (Å²) in [5, 5.41) is 0. The SMILES string of the molecule is C=C(CC(C)C)C(=O)OCC1(C)CCCC1(C)C. The van der Waals surface area contributed by atoms with Crippen LogP contribution < -0.4 is 0 Å². The second-order valence-corrected chi connectivity index (χ2v) is 7.08. The molecule has 1 atom stereocenters. The minimum atomic E-state index is -0.215. The number of esters is 1. The monoisotopic (exact) mass is 252 g/mol. The van der Waals surface area contributed by atoms with Gasteiger partial charge in [-0.25, -0.2) is 4.79 Å². The third-order valence-electron chi connectivity index (χ3n) is 4.63. The van der Waals surface area contributed by atoms with Crippen molar-refractivity contribution in [2.45, 2.75) is 60.3 Å². The lowest BCUT2D eigenvalue weighted by atomic mass is 9.70. The zero-order chi connectivity index (χ0) is 14.0. The lowest BCUT2D eigenvalue weighted by Crippen LogP contribution is -2.35. The molecule has 0 aromatic carbocycles. The Balaban J connectivity index is 2.50. The fraction of sp³-hybridized carbons (Fsp3) is 0.812. The molecule has 1 aliphatic rings. The van der Waals surface area contributed by atoms with Gasteiger partial charge >= 0.3 is 5.97 Å². The van der Waals surface area contributed by atoms with Gasteiger partial charge in [-0.1, -0.05) is 47.6 Å². The Labute approximate surface area is 112 Å². The molecule has 2 heteroatoms. The third-order valence-corrected chi connectivity index (χ3v) is 4.63. The number of carbonyl (C=O) groups excluding carboxylic acids is 1. The second kappa shape index (κ2) is 5.46. The molecule has 0 aromatic heterocycles. The van der Waals surface area contributed by atoms with E-state index in [-0.39, 0.29) is 16.8 Å². The molecule has 1 aliphatic carbocycles. The maximum Gasteiger partial charge on any atom is 0.333 e. The molecular formula is C16H28O2. The maximum atomic E-state index is 11.9. The first-order valence-corrected chi connectivity index (χ1v) is 7.03. The van der Waals surface area contributed by atoms with Crippen molar-refractivity contribution in [2.75, 3.05) is 6.61 Å². The van der Waals surface area contributed by atoms with E-state index in [1.165, 1.54) is 12.8 Å². The van der Waals surface area contributed by atoms with Crippen molar-refractivity contribution in [1.29, 1.82) is 0 Å². The van der Waals surface area contributed by atoms with E-state index in [0.29, 0.717) is 18.1 Å². The first-order chi connectivity index (χ1) is 8.18. The van der Waals surface area contributed by atoms with Gasteiger partial charge in [0.2, 0.25) is 0 Å². The van der Waals surface area contributed by atoms with Gasteiger partial charge in [0, 0.05) is 11.0 Å². The fourth-order valence-electron chi connectivity index (χ4n) is 2.73. The molecule has 1 unspecified atom stereocenters. The smallest absolute Gasteiger partial charge is 0.333 e. The molecule has 0 saturated heterocycles. The van der Waals surface area contributed by atoms with Crippen molar-refractivity contribution in [3.05, 3.63) is 12.2 Å². The van der Waals surface area contributed by atoms with Crippen LogP contribution in [0.1, 0.15) is 60.3 Å². The molecule has 0 N–H and O–H groups in total. The summed E-state index contributed by atoms with van der Waals surface area (Å²) in [6.45, 7) is 15.3. The molecule has 1 rings (SSSR count). The molecule has 1 saturated carbocycles. The highest BCUT2D eigenvalue weighted by molar-refractivity contribution is 5.87. The van der Waals surface area contributed by atoms with E-state index in [1.807, 2.05) is 0 Å². The molecule has 1 fully saturated rings. The van der Waals surface area contributed by atoms with Gasteiger partial charge in [0.1, 0.15) is 0 Å². The largest absolute Gasteiger partial charge is 0.462 e. The first-order valence-electron chi connectivity index (χ1n) is 7.03. The number of hydrogen-bond donors (Lipinski definition) is 0. The summed E-state index contributed by atoms with van der Waals surface area (Å²) in [4.78, 5) is 11.9. The molecule has 0 spiro atoms. The lowest BCUT2D eigenvalue weighted by Gasteiger charge is -2.37. The minimum Gasteiger partial charge on any atom is -0.462 e. The van der Waals surface area contributed by atoms with E-state index in [4.69, 9.17) is 4.74 Å². The predicted octanol–water partition coefficient (Wildman–Crippen LogP) is 4.35. The molecule has 0 aliphatic heterocycles. The highest BCUT2D eigenvalue weighted by Gasteiger charge is 2.45. The summed E-state index contributed by atoms with van der Waals surface area (Å²) < 4.78 is 5.49. The van der Waals surface area contributed by atoms with E-state index < -0.39 is 0 Å². The normalized spacial score (nSPS) is 26.3. The number of hydrogen-bond acceptors (Lipinski definition) is 2. The Hall–Kier alpha value is -0.790. The first kappa shape index (κ1) is 15.3. The maximum absolute atomic E-state index is 11.9. The fourth-order valence-corrected chi connectivity index (χ4v) is 2.73. The summed E-state index contributed by atoms with van der Waals surface area (Å²) in [5.41, 5.74) is 0.970. The average molecular weight is 252 g/mol. The summed E-state index contributed by atoms with van der Waals surface area (Å²) in [6.07, 6.45) is 4.31.